The van der Waals surface area contributed by atoms with Gasteiger partial charge in [0.2, 0.25) is 0 Å². The maximum absolute atomic E-state index is 10.4. The fourth-order valence-electron chi connectivity index (χ4n) is 1.88. The van der Waals surface area contributed by atoms with E-state index in [1.807, 2.05) is 6.08 Å². The van der Waals surface area contributed by atoms with E-state index < -0.39 is 5.97 Å². The molecule has 0 bridgehead atoms. The van der Waals surface area contributed by atoms with Crippen LogP contribution in [0, 0.1) is 11.8 Å². The van der Waals surface area contributed by atoms with Gasteiger partial charge in [-0.15, -0.1) is 6.58 Å². The standard InChI is InChI=1S/C10H17NO2/c1-2-8-7-11-6-5-9(8)3-4-10(12)13/h2,8-9,11H,1,3-7H2,(H,12,13)/t8-,9+/m0/s1. The molecule has 1 saturated heterocycles. The van der Waals surface area contributed by atoms with Crippen molar-refractivity contribution in [3.05, 3.63) is 12.7 Å². The van der Waals surface area contributed by atoms with Crippen LogP contribution in [0.15, 0.2) is 12.7 Å². The minimum atomic E-state index is -0.693. The lowest BCUT2D eigenvalue weighted by Gasteiger charge is -2.29. The summed E-state index contributed by atoms with van der Waals surface area (Å²) in [5.74, 6) is 0.268. The number of rotatable bonds is 4. The fourth-order valence-corrected chi connectivity index (χ4v) is 1.88. The highest BCUT2D eigenvalue weighted by Gasteiger charge is 2.22. The third-order valence-corrected chi connectivity index (χ3v) is 2.71. The van der Waals surface area contributed by atoms with E-state index in [9.17, 15) is 4.79 Å². The number of aliphatic carboxylic acids is 1. The molecule has 74 valence electrons. The van der Waals surface area contributed by atoms with Crippen LogP contribution in [0.2, 0.25) is 0 Å². The summed E-state index contributed by atoms with van der Waals surface area (Å²) in [6.07, 6.45) is 4.09. The Morgan fingerprint density at radius 1 is 1.69 bits per heavy atom. The Kier molecular flexibility index (Phi) is 3.96. The quantitative estimate of drug-likeness (QED) is 0.645. The molecule has 0 aromatic carbocycles. The van der Waals surface area contributed by atoms with Crippen LogP contribution in [0.25, 0.3) is 0 Å². The predicted molar refractivity (Wildman–Crippen MR) is 51.5 cm³/mol. The lowest BCUT2D eigenvalue weighted by atomic mass is 9.83. The van der Waals surface area contributed by atoms with Gasteiger partial charge in [0, 0.05) is 13.0 Å². The van der Waals surface area contributed by atoms with Gasteiger partial charge in [-0.05, 0) is 31.2 Å². The molecule has 2 N–H and O–H groups in total. The molecule has 1 aliphatic rings. The Hall–Kier alpha value is -0.830. The lowest BCUT2D eigenvalue weighted by molar-refractivity contribution is -0.137. The maximum Gasteiger partial charge on any atom is 0.303 e. The highest BCUT2D eigenvalue weighted by atomic mass is 16.4. The van der Waals surface area contributed by atoms with Crippen molar-refractivity contribution in [2.75, 3.05) is 13.1 Å². The van der Waals surface area contributed by atoms with Gasteiger partial charge in [0.25, 0.3) is 0 Å². The van der Waals surface area contributed by atoms with E-state index in [1.54, 1.807) is 0 Å². The van der Waals surface area contributed by atoms with Crippen LogP contribution >= 0.6 is 0 Å². The Morgan fingerprint density at radius 3 is 3.08 bits per heavy atom. The van der Waals surface area contributed by atoms with Gasteiger partial charge in [-0.25, -0.2) is 0 Å². The van der Waals surface area contributed by atoms with Gasteiger partial charge in [-0.2, -0.15) is 0 Å². The largest absolute Gasteiger partial charge is 0.481 e. The number of carboxylic acids is 1. The molecule has 0 spiro atoms. The van der Waals surface area contributed by atoms with Crippen molar-refractivity contribution in [2.24, 2.45) is 11.8 Å². The SMILES string of the molecule is C=C[C@H]1CNCC[C@H]1CCC(=O)O. The highest BCUT2D eigenvalue weighted by molar-refractivity contribution is 5.66. The molecule has 1 fully saturated rings. The maximum atomic E-state index is 10.4. The molecule has 0 aliphatic carbocycles. The summed E-state index contributed by atoms with van der Waals surface area (Å²) >= 11 is 0. The van der Waals surface area contributed by atoms with E-state index >= 15 is 0 Å². The predicted octanol–water partition coefficient (Wildman–Crippen LogP) is 1.26. The van der Waals surface area contributed by atoms with Gasteiger partial charge in [-0.1, -0.05) is 6.08 Å². The first-order chi connectivity index (χ1) is 6.24. The van der Waals surface area contributed by atoms with Crippen LogP contribution in [0.4, 0.5) is 0 Å². The number of piperidine rings is 1. The van der Waals surface area contributed by atoms with Gasteiger partial charge in [0.15, 0.2) is 0 Å². The molecule has 2 atom stereocenters. The van der Waals surface area contributed by atoms with E-state index in [0.29, 0.717) is 11.8 Å². The number of nitrogens with one attached hydrogen (secondary N) is 1. The van der Waals surface area contributed by atoms with Crippen molar-refractivity contribution in [2.45, 2.75) is 19.3 Å². The van der Waals surface area contributed by atoms with Crippen molar-refractivity contribution in [1.29, 1.82) is 0 Å². The van der Waals surface area contributed by atoms with Crippen molar-refractivity contribution in [3.63, 3.8) is 0 Å². The third kappa shape index (κ3) is 3.19. The lowest BCUT2D eigenvalue weighted by Crippen LogP contribution is -2.35. The molecular formula is C10H17NO2. The topological polar surface area (TPSA) is 49.3 Å². The Bertz CT molecular complexity index is 191. The summed E-state index contributed by atoms with van der Waals surface area (Å²) in [6, 6.07) is 0. The summed E-state index contributed by atoms with van der Waals surface area (Å²) in [6.45, 7) is 5.73. The molecular weight excluding hydrogens is 166 g/mol. The zero-order valence-electron chi connectivity index (χ0n) is 7.83. The second-order valence-corrected chi connectivity index (χ2v) is 3.58. The number of carbonyl (C=O) groups is 1. The molecule has 3 nitrogen and oxygen atoms in total. The van der Waals surface area contributed by atoms with Crippen molar-refractivity contribution in [1.82, 2.24) is 5.32 Å². The monoisotopic (exact) mass is 183 g/mol. The van der Waals surface area contributed by atoms with Crippen LogP contribution in [0.3, 0.4) is 0 Å². The second kappa shape index (κ2) is 5.02. The minimum Gasteiger partial charge on any atom is -0.481 e. The van der Waals surface area contributed by atoms with E-state index in [2.05, 4.69) is 11.9 Å². The smallest absolute Gasteiger partial charge is 0.303 e. The van der Waals surface area contributed by atoms with Crippen molar-refractivity contribution in [3.8, 4) is 0 Å². The minimum absolute atomic E-state index is 0.287. The van der Waals surface area contributed by atoms with Gasteiger partial charge >= 0.3 is 5.97 Å². The normalized spacial score (nSPS) is 28.3. The van der Waals surface area contributed by atoms with Gasteiger partial charge in [0.1, 0.15) is 0 Å². The summed E-state index contributed by atoms with van der Waals surface area (Å²) in [5.41, 5.74) is 0. The molecule has 0 amide bonds. The first-order valence-electron chi connectivity index (χ1n) is 4.79. The third-order valence-electron chi connectivity index (χ3n) is 2.71. The average Bonchev–Trinajstić information content (AvgIpc) is 2.15. The second-order valence-electron chi connectivity index (χ2n) is 3.58. The van der Waals surface area contributed by atoms with E-state index in [1.165, 1.54) is 0 Å². The summed E-state index contributed by atoms with van der Waals surface area (Å²) < 4.78 is 0. The number of carboxylic acid groups (broad SMARTS) is 1. The molecule has 1 rings (SSSR count). The van der Waals surface area contributed by atoms with E-state index in [0.717, 1.165) is 25.9 Å². The number of hydrogen-bond donors (Lipinski definition) is 2. The van der Waals surface area contributed by atoms with Crippen LogP contribution in [-0.2, 0) is 4.79 Å². The molecule has 1 aliphatic heterocycles. The van der Waals surface area contributed by atoms with Gasteiger partial charge < -0.3 is 10.4 Å². The van der Waals surface area contributed by atoms with Crippen LogP contribution in [0.5, 0.6) is 0 Å². The molecule has 0 aromatic rings. The van der Waals surface area contributed by atoms with Gasteiger partial charge in [-0.3, -0.25) is 4.79 Å². The first kappa shape index (κ1) is 10.3. The molecule has 1 heterocycles. The average molecular weight is 183 g/mol. The Morgan fingerprint density at radius 2 is 2.46 bits per heavy atom. The summed E-state index contributed by atoms with van der Waals surface area (Å²) in [5, 5.41) is 11.8. The summed E-state index contributed by atoms with van der Waals surface area (Å²) in [7, 11) is 0. The number of hydrogen-bond acceptors (Lipinski definition) is 2. The first-order valence-corrected chi connectivity index (χ1v) is 4.79. The van der Waals surface area contributed by atoms with Gasteiger partial charge in [0.05, 0.1) is 0 Å². The highest BCUT2D eigenvalue weighted by Crippen LogP contribution is 2.24. The zero-order valence-corrected chi connectivity index (χ0v) is 7.83. The molecule has 3 heteroatoms. The van der Waals surface area contributed by atoms with Crippen LogP contribution in [-0.4, -0.2) is 24.2 Å². The molecule has 0 aromatic heterocycles. The molecule has 13 heavy (non-hydrogen) atoms. The van der Waals surface area contributed by atoms with Crippen LogP contribution < -0.4 is 5.32 Å². The van der Waals surface area contributed by atoms with Crippen molar-refractivity contribution >= 4 is 5.97 Å². The zero-order chi connectivity index (χ0) is 9.68. The Labute approximate surface area is 78.8 Å². The molecule has 0 radical (unpaired) electrons. The molecule has 0 unspecified atom stereocenters. The van der Waals surface area contributed by atoms with E-state index in [4.69, 9.17) is 5.11 Å². The summed E-state index contributed by atoms with van der Waals surface area (Å²) in [4.78, 5) is 10.4. The van der Waals surface area contributed by atoms with E-state index in [-0.39, 0.29) is 6.42 Å². The van der Waals surface area contributed by atoms with Crippen LogP contribution in [0.1, 0.15) is 19.3 Å². The van der Waals surface area contributed by atoms with Crippen molar-refractivity contribution < 1.29 is 9.90 Å². The fraction of sp³-hybridized carbons (Fsp3) is 0.700. The molecule has 0 saturated carbocycles. The Balaban J connectivity index is 2.35.